The molecular formula is C9H19NO. The largest absolute Gasteiger partial charge is 0.378 e. The Morgan fingerprint density at radius 3 is 3.00 bits per heavy atom. The molecule has 66 valence electrons. The molecule has 0 aromatic heterocycles. The lowest BCUT2D eigenvalue weighted by molar-refractivity contribution is 0.00219. The Balaban J connectivity index is 2.12. The van der Waals surface area contributed by atoms with Crippen LogP contribution in [0.25, 0.3) is 0 Å². The number of rotatable bonds is 3. The lowest BCUT2D eigenvalue weighted by atomic mass is 10.0. The molecule has 2 heteroatoms. The summed E-state index contributed by atoms with van der Waals surface area (Å²) >= 11 is 0. The van der Waals surface area contributed by atoms with Crippen molar-refractivity contribution in [3.63, 3.8) is 0 Å². The molecule has 0 bridgehead atoms. The van der Waals surface area contributed by atoms with Crippen LogP contribution in [0, 0.1) is 0 Å². The Morgan fingerprint density at radius 2 is 2.36 bits per heavy atom. The highest BCUT2D eigenvalue weighted by Crippen LogP contribution is 2.16. The number of unbranched alkanes of at least 4 members (excludes halogenated alkanes) is 1. The predicted octanol–water partition coefficient (Wildman–Crippen LogP) is 1.68. The minimum absolute atomic E-state index is 0.394. The topological polar surface area (TPSA) is 35.2 Å². The molecule has 11 heavy (non-hydrogen) atoms. The van der Waals surface area contributed by atoms with E-state index in [1.807, 2.05) is 0 Å². The zero-order valence-corrected chi connectivity index (χ0v) is 7.38. The average molecular weight is 157 g/mol. The summed E-state index contributed by atoms with van der Waals surface area (Å²) in [6.07, 6.45) is 6.30. The van der Waals surface area contributed by atoms with Gasteiger partial charge in [-0.05, 0) is 19.3 Å². The summed E-state index contributed by atoms with van der Waals surface area (Å²) in [6, 6.07) is 0.394. The molecule has 1 aliphatic rings. The van der Waals surface area contributed by atoms with Crippen LogP contribution < -0.4 is 5.73 Å². The summed E-state index contributed by atoms with van der Waals surface area (Å²) in [4.78, 5) is 0. The molecule has 1 rings (SSSR count). The van der Waals surface area contributed by atoms with Crippen LogP contribution >= 0.6 is 0 Å². The van der Waals surface area contributed by atoms with Gasteiger partial charge in [-0.2, -0.15) is 0 Å². The van der Waals surface area contributed by atoms with Crippen molar-refractivity contribution in [3.8, 4) is 0 Å². The third-order valence-electron chi connectivity index (χ3n) is 2.29. The molecule has 1 aliphatic heterocycles. The van der Waals surface area contributed by atoms with Gasteiger partial charge < -0.3 is 10.5 Å². The van der Waals surface area contributed by atoms with Crippen molar-refractivity contribution >= 4 is 0 Å². The summed E-state index contributed by atoms with van der Waals surface area (Å²) in [5, 5.41) is 0. The van der Waals surface area contributed by atoms with E-state index in [0.29, 0.717) is 12.1 Å². The van der Waals surface area contributed by atoms with Gasteiger partial charge in [0.05, 0.1) is 6.10 Å². The second-order valence-corrected chi connectivity index (χ2v) is 3.42. The van der Waals surface area contributed by atoms with Crippen molar-refractivity contribution in [2.45, 2.75) is 51.2 Å². The highest BCUT2D eigenvalue weighted by Gasteiger charge is 2.18. The molecule has 0 aliphatic carbocycles. The van der Waals surface area contributed by atoms with Crippen LogP contribution in [0.3, 0.4) is 0 Å². The molecule has 2 unspecified atom stereocenters. The van der Waals surface area contributed by atoms with E-state index in [1.54, 1.807) is 0 Å². The van der Waals surface area contributed by atoms with Gasteiger partial charge in [-0.3, -0.25) is 0 Å². The first kappa shape index (κ1) is 9.01. The number of ether oxygens (including phenoxy) is 1. The molecule has 2 nitrogen and oxygen atoms in total. The molecular weight excluding hydrogens is 138 g/mol. The molecule has 0 spiro atoms. The number of hydrogen-bond acceptors (Lipinski definition) is 2. The normalized spacial score (nSPS) is 32.2. The maximum Gasteiger partial charge on any atom is 0.0589 e. The fraction of sp³-hybridized carbons (Fsp3) is 1.00. The summed E-state index contributed by atoms with van der Waals surface area (Å²) in [7, 11) is 0. The molecule has 0 aromatic carbocycles. The molecule has 1 heterocycles. The minimum atomic E-state index is 0.394. The van der Waals surface area contributed by atoms with Crippen LogP contribution in [-0.2, 0) is 4.74 Å². The average Bonchev–Trinajstić information content (AvgIpc) is 2.01. The fourth-order valence-corrected chi connectivity index (χ4v) is 1.54. The minimum Gasteiger partial charge on any atom is -0.378 e. The third kappa shape index (κ3) is 3.21. The van der Waals surface area contributed by atoms with Crippen LogP contribution in [0.1, 0.15) is 39.0 Å². The van der Waals surface area contributed by atoms with E-state index in [-0.39, 0.29) is 0 Å². The Bertz CT molecular complexity index is 106. The number of nitrogens with two attached hydrogens (primary N) is 1. The Kier molecular flexibility index (Phi) is 3.87. The molecule has 2 N–H and O–H groups in total. The Hall–Kier alpha value is -0.0800. The van der Waals surface area contributed by atoms with Gasteiger partial charge in [-0.15, -0.1) is 0 Å². The molecule has 2 atom stereocenters. The lowest BCUT2D eigenvalue weighted by Crippen LogP contribution is -2.34. The van der Waals surface area contributed by atoms with Crippen LogP contribution in [0.15, 0.2) is 0 Å². The predicted molar refractivity (Wildman–Crippen MR) is 46.5 cm³/mol. The first-order chi connectivity index (χ1) is 5.33. The van der Waals surface area contributed by atoms with Gasteiger partial charge in [0.2, 0.25) is 0 Å². The molecule has 0 saturated carbocycles. The van der Waals surface area contributed by atoms with E-state index >= 15 is 0 Å². The van der Waals surface area contributed by atoms with Crippen LogP contribution in [0.2, 0.25) is 0 Å². The summed E-state index contributed by atoms with van der Waals surface area (Å²) in [5.41, 5.74) is 5.82. The highest BCUT2D eigenvalue weighted by atomic mass is 16.5. The van der Waals surface area contributed by atoms with E-state index in [9.17, 15) is 0 Å². The van der Waals surface area contributed by atoms with Crippen molar-refractivity contribution in [2.24, 2.45) is 5.73 Å². The maximum absolute atomic E-state index is 5.82. The van der Waals surface area contributed by atoms with E-state index < -0.39 is 0 Å². The Morgan fingerprint density at radius 1 is 1.55 bits per heavy atom. The highest BCUT2D eigenvalue weighted by molar-refractivity contribution is 4.73. The lowest BCUT2D eigenvalue weighted by Gasteiger charge is -2.26. The van der Waals surface area contributed by atoms with E-state index in [4.69, 9.17) is 10.5 Å². The zero-order chi connectivity index (χ0) is 8.10. The monoisotopic (exact) mass is 157 g/mol. The molecule has 0 amide bonds. The summed E-state index contributed by atoms with van der Waals surface area (Å²) in [6.45, 7) is 3.08. The van der Waals surface area contributed by atoms with E-state index in [0.717, 1.165) is 19.4 Å². The molecule has 0 radical (unpaired) electrons. The molecule has 1 fully saturated rings. The molecule has 1 saturated heterocycles. The van der Waals surface area contributed by atoms with Gasteiger partial charge in [0.25, 0.3) is 0 Å². The first-order valence-electron chi connectivity index (χ1n) is 4.70. The Labute approximate surface area is 69.1 Å². The standard InChI is InChI=1S/C9H19NO/c1-2-3-4-9-7-8(10)5-6-11-9/h8-9H,2-7,10H2,1H3. The second-order valence-electron chi connectivity index (χ2n) is 3.42. The van der Waals surface area contributed by atoms with E-state index in [2.05, 4.69) is 6.92 Å². The van der Waals surface area contributed by atoms with Crippen molar-refractivity contribution in [1.82, 2.24) is 0 Å². The van der Waals surface area contributed by atoms with Crippen LogP contribution in [0.4, 0.5) is 0 Å². The van der Waals surface area contributed by atoms with Crippen molar-refractivity contribution < 1.29 is 4.74 Å². The first-order valence-corrected chi connectivity index (χ1v) is 4.70. The van der Waals surface area contributed by atoms with Crippen LogP contribution in [-0.4, -0.2) is 18.8 Å². The summed E-state index contributed by atoms with van der Waals surface area (Å²) in [5.74, 6) is 0. The number of hydrogen-bond donors (Lipinski definition) is 1. The van der Waals surface area contributed by atoms with Crippen molar-refractivity contribution in [1.29, 1.82) is 0 Å². The van der Waals surface area contributed by atoms with Gasteiger partial charge >= 0.3 is 0 Å². The second kappa shape index (κ2) is 4.73. The van der Waals surface area contributed by atoms with Crippen molar-refractivity contribution in [3.05, 3.63) is 0 Å². The third-order valence-corrected chi connectivity index (χ3v) is 2.29. The van der Waals surface area contributed by atoms with Gasteiger partial charge in [-0.1, -0.05) is 19.8 Å². The zero-order valence-electron chi connectivity index (χ0n) is 7.38. The molecule has 0 aromatic rings. The van der Waals surface area contributed by atoms with E-state index in [1.165, 1.54) is 19.3 Å². The van der Waals surface area contributed by atoms with Crippen molar-refractivity contribution in [2.75, 3.05) is 6.61 Å². The van der Waals surface area contributed by atoms with Gasteiger partial charge in [0.15, 0.2) is 0 Å². The van der Waals surface area contributed by atoms with Gasteiger partial charge in [0, 0.05) is 12.6 Å². The van der Waals surface area contributed by atoms with Crippen LogP contribution in [0.5, 0.6) is 0 Å². The summed E-state index contributed by atoms with van der Waals surface area (Å²) < 4.78 is 5.57. The quantitative estimate of drug-likeness (QED) is 0.676. The smallest absolute Gasteiger partial charge is 0.0589 e. The maximum atomic E-state index is 5.82. The van der Waals surface area contributed by atoms with Gasteiger partial charge in [0.1, 0.15) is 0 Å². The fourth-order valence-electron chi connectivity index (χ4n) is 1.54. The SMILES string of the molecule is CCCCC1CC(N)CCO1. The van der Waals surface area contributed by atoms with Gasteiger partial charge in [-0.25, -0.2) is 0 Å².